The standard InChI is InChI=1S/C20H23N3O6S/c1-3-5-12-21-18(24)14-6-9-16(10-7-14)30(27,28)23-19(25)15-8-11-17(22-13-15)20(26)29-4-2/h6-11,13H,3-5,12H2,1-2H3,(H,21,24)(H,23,25). The molecule has 10 heteroatoms. The van der Waals surface area contributed by atoms with Crippen molar-refractivity contribution in [3.63, 3.8) is 0 Å². The molecule has 0 atom stereocenters. The average Bonchev–Trinajstić information content (AvgIpc) is 2.74. The van der Waals surface area contributed by atoms with Crippen LogP contribution in [0, 0.1) is 0 Å². The molecule has 2 amide bonds. The van der Waals surface area contributed by atoms with Gasteiger partial charge in [0.2, 0.25) is 0 Å². The van der Waals surface area contributed by atoms with Gasteiger partial charge < -0.3 is 10.1 Å². The number of hydrogen-bond donors (Lipinski definition) is 2. The summed E-state index contributed by atoms with van der Waals surface area (Å²) >= 11 is 0. The molecule has 160 valence electrons. The zero-order valence-corrected chi connectivity index (χ0v) is 17.5. The quantitative estimate of drug-likeness (QED) is 0.456. The van der Waals surface area contributed by atoms with Gasteiger partial charge in [-0.05, 0) is 49.7 Å². The molecule has 1 aromatic carbocycles. The van der Waals surface area contributed by atoms with Crippen molar-refractivity contribution in [2.75, 3.05) is 13.2 Å². The molecule has 0 aliphatic rings. The number of rotatable bonds is 9. The molecule has 2 rings (SSSR count). The number of aromatic nitrogens is 1. The number of amides is 2. The molecule has 9 nitrogen and oxygen atoms in total. The highest BCUT2D eigenvalue weighted by Gasteiger charge is 2.20. The van der Waals surface area contributed by atoms with Crippen LogP contribution in [-0.2, 0) is 14.8 Å². The van der Waals surface area contributed by atoms with Gasteiger partial charge in [0.15, 0.2) is 0 Å². The van der Waals surface area contributed by atoms with Gasteiger partial charge in [-0.25, -0.2) is 22.9 Å². The van der Waals surface area contributed by atoms with E-state index in [-0.39, 0.29) is 28.7 Å². The predicted molar refractivity (Wildman–Crippen MR) is 109 cm³/mol. The number of benzene rings is 1. The van der Waals surface area contributed by atoms with Crippen LogP contribution in [0.4, 0.5) is 0 Å². The summed E-state index contributed by atoms with van der Waals surface area (Å²) in [4.78, 5) is 39.5. The maximum atomic E-state index is 12.4. The zero-order chi connectivity index (χ0) is 22.1. The number of nitrogens with zero attached hydrogens (tertiary/aromatic N) is 1. The molecule has 0 saturated heterocycles. The molecule has 0 aliphatic heterocycles. The van der Waals surface area contributed by atoms with Crippen molar-refractivity contribution >= 4 is 27.8 Å². The minimum absolute atomic E-state index is 0.00376. The second-order valence-corrected chi connectivity index (χ2v) is 7.90. The Hall–Kier alpha value is -3.27. The lowest BCUT2D eigenvalue weighted by Gasteiger charge is -2.09. The molecule has 0 saturated carbocycles. The van der Waals surface area contributed by atoms with Crippen LogP contribution in [0.5, 0.6) is 0 Å². The molecular formula is C20H23N3O6S. The summed E-state index contributed by atoms with van der Waals surface area (Å²) in [6, 6.07) is 7.77. The summed E-state index contributed by atoms with van der Waals surface area (Å²) in [5, 5.41) is 2.73. The van der Waals surface area contributed by atoms with E-state index in [1.807, 2.05) is 11.6 Å². The molecule has 0 spiro atoms. The number of ether oxygens (including phenoxy) is 1. The lowest BCUT2D eigenvalue weighted by molar-refractivity contribution is 0.0519. The second-order valence-electron chi connectivity index (χ2n) is 6.22. The maximum absolute atomic E-state index is 12.4. The molecular weight excluding hydrogens is 410 g/mol. The van der Waals surface area contributed by atoms with Gasteiger partial charge in [0.1, 0.15) is 5.69 Å². The predicted octanol–water partition coefficient (Wildman–Crippen LogP) is 1.91. The van der Waals surface area contributed by atoms with Gasteiger partial charge in [0.05, 0.1) is 17.1 Å². The van der Waals surface area contributed by atoms with Crippen LogP contribution in [0.15, 0.2) is 47.5 Å². The first-order valence-electron chi connectivity index (χ1n) is 9.37. The van der Waals surface area contributed by atoms with Crippen molar-refractivity contribution < 1.29 is 27.5 Å². The molecule has 0 bridgehead atoms. The van der Waals surface area contributed by atoms with E-state index in [9.17, 15) is 22.8 Å². The van der Waals surface area contributed by atoms with E-state index in [1.54, 1.807) is 6.92 Å². The highest BCUT2D eigenvalue weighted by Crippen LogP contribution is 2.12. The number of esters is 1. The third kappa shape index (κ3) is 6.11. The molecule has 1 aromatic heterocycles. The average molecular weight is 433 g/mol. The Bertz CT molecular complexity index is 1000. The minimum atomic E-state index is -4.16. The molecule has 30 heavy (non-hydrogen) atoms. The van der Waals surface area contributed by atoms with Crippen molar-refractivity contribution in [1.82, 2.24) is 15.0 Å². The van der Waals surface area contributed by atoms with Crippen LogP contribution in [0.25, 0.3) is 0 Å². The molecule has 0 radical (unpaired) electrons. The largest absolute Gasteiger partial charge is 0.461 e. The maximum Gasteiger partial charge on any atom is 0.356 e. The molecule has 2 aromatic rings. The second kappa shape index (κ2) is 10.5. The summed E-state index contributed by atoms with van der Waals surface area (Å²) < 4.78 is 31.6. The highest BCUT2D eigenvalue weighted by molar-refractivity contribution is 7.90. The number of carbonyl (C=O) groups excluding carboxylic acids is 3. The van der Waals surface area contributed by atoms with Crippen molar-refractivity contribution in [3.05, 3.63) is 59.4 Å². The number of unbranched alkanes of at least 4 members (excludes halogenated alkanes) is 1. The van der Waals surface area contributed by atoms with Crippen LogP contribution < -0.4 is 10.0 Å². The molecule has 0 fully saturated rings. The third-order valence-electron chi connectivity index (χ3n) is 3.98. The van der Waals surface area contributed by atoms with E-state index in [1.165, 1.54) is 36.4 Å². The fourth-order valence-electron chi connectivity index (χ4n) is 2.36. The number of sulfonamides is 1. The normalized spacial score (nSPS) is 10.9. The Balaban J connectivity index is 2.06. The van der Waals surface area contributed by atoms with E-state index < -0.39 is 21.9 Å². The molecule has 0 aliphatic carbocycles. The van der Waals surface area contributed by atoms with Gasteiger partial charge in [-0.2, -0.15) is 0 Å². The van der Waals surface area contributed by atoms with E-state index >= 15 is 0 Å². The van der Waals surface area contributed by atoms with Crippen LogP contribution in [0.3, 0.4) is 0 Å². The van der Waals surface area contributed by atoms with Crippen LogP contribution >= 0.6 is 0 Å². The number of hydrogen-bond acceptors (Lipinski definition) is 7. The highest BCUT2D eigenvalue weighted by atomic mass is 32.2. The van der Waals surface area contributed by atoms with Crippen molar-refractivity contribution in [1.29, 1.82) is 0 Å². The zero-order valence-electron chi connectivity index (χ0n) is 16.7. The number of nitrogens with one attached hydrogen (secondary N) is 2. The lowest BCUT2D eigenvalue weighted by Crippen LogP contribution is -2.31. The first kappa shape index (κ1) is 23.0. The summed E-state index contributed by atoms with van der Waals surface area (Å²) in [5.41, 5.74) is 0.276. The van der Waals surface area contributed by atoms with E-state index in [4.69, 9.17) is 4.74 Å². The van der Waals surface area contributed by atoms with Gasteiger partial charge >= 0.3 is 5.97 Å². The summed E-state index contributed by atoms with van der Waals surface area (Å²) in [7, 11) is -4.16. The van der Waals surface area contributed by atoms with Gasteiger partial charge in [-0.3, -0.25) is 9.59 Å². The fraction of sp³-hybridized carbons (Fsp3) is 0.300. The van der Waals surface area contributed by atoms with Crippen molar-refractivity contribution in [2.24, 2.45) is 0 Å². The topological polar surface area (TPSA) is 132 Å². The number of carbonyl (C=O) groups is 3. The van der Waals surface area contributed by atoms with E-state index in [0.29, 0.717) is 12.1 Å². The van der Waals surface area contributed by atoms with Gasteiger partial charge in [0.25, 0.3) is 21.8 Å². The van der Waals surface area contributed by atoms with Crippen LogP contribution in [0.1, 0.15) is 57.9 Å². The monoisotopic (exact) mass is 433 g/mol. The fourth-order valence-corrected chi connectivity index (χ4v) is 3.33. The smallest absolute Gasteiger partial charge is 0.356 e. The van der Waals surface area contributed by atoms with Crippen molar-refractivity contribution in [3.8, 4) is 0 Å². The van der Waals surface area contributed by atoms with Gasteiger partial charge in [0, 0.05) is 18.3 Å². The van der Waals surface area contributed by atoms with Crippen molar-refractivity contribution in [2.45, 2.75) is 31.6 Å². The summed E-state index contributed by atoms with van der Waals surface area (Å²) in [6.07, 6.45) is 2.87. The number of pyridine rings is 1. The Morgan fingerprint density at radius 1 is 0.967 bits per heavy atom. The minimum Gasteiger partial charge on any atom is -0.461 e. The van der Waals surface area contributed by atoms with Crippen LogP contribution in [-0.4, -0.2) is 44.3 Å². The molecule has 1 heterocycles. The van der Waals surface area contributed by atoms with E-state index in [2.05, 4.69) is 10.3 Å². The molecule has 0 unspecified atom stereocenters. The SMILES string of the molecule is CCCCNC(=O)c1ccc(S(=O)(=O)NC(=O)c2ccc(C(=O)OCC)nc2)cc1. The van der Waals surface area contributed by atoms with Crippen LogP contribution in [0.2, 0.25) is 0 Å². The Labute approximate surface area is 174 Å². The summed E-state index contributed by atoms with van der Waals surface area (Å²) in [5.74, 6) is -1.85. The van der Waals surface area contributed by atoms with E-state index in [0.717, 1.165) is 19.0 Å². The Morgan fingerprint density at radius 2 is 1.63 bits per heavy atom. The van der Waals surface area contributed by atoms with Gasteiger partial charge in [-0.15, -0.1) is 0 Å². The Kier molecular flexibility index (Phi) is 8.05. The third-order valence-corrected chi connectivity index (χ3v) is 5.33. The van der Waals surface area contributed by atoms with Gasteiger partial charge in [-0.1, -0.05) is 13.3 Å². The lowest BCUT2D eigenvalue weighted by atomic mass is 10.2. The first-order valence-corrected chi connectivity index (χ1v) is 10.9. The first-order chi connectivity index (χ1) is 14.3. The Morgan fingerprint density at radius 3 is 2.20 bits per heavy atom. The summed E-state index contributed by atoms with van der Waals surface area (Å²) in [6.45, 7) is 4.37. The molecule has 2 N–H and O–H groups in total.